The molecule has 1 aliphatic rings. The monoisotopic (exact) mass is 277 g/mol. The second kappa shape index (κ2) is 5.93. The third kappa shape index (κ3) is 3.17. The number of carbonyl (C=O) groups excluding carboxylic acids is 2. The number of primary amides is 1. The SMILES string of the molecule is COC(=O)C1=C(CC(N)=O)CC(c2ccccc2)S1. The Balaban J connectivity index is 2.21. The second-order valence-corrected chi connectivity index (χ2v) is 5.50. The van der Waals surface area contributed by atoms with Crippen molar-refractivity contribution in [1.29, 1.82) is 0 Å². The predicted molar refractivity (Wildman–Crippen MR) is 74.2 cm³/mol. The number of ether oxygens (including phenoxy) is 1. The molecule has 0 aromatic heterocycles. The lowest BCUT2D eigenvalue weighted by Crippen LogP contribution is -2.12. The lowest BCUT2D eigenvalue weighted by atomic mass is 10.0. The molecule has 1 unspecified atom stereocenters. The molecule has 2 N–H and O–H groups in total. The van der Waals surface area contributed by atoms with E-state index in [0.29, 0.717) is 11.3 Å². The average molecular weight is 277 g/mol. The lowest BCUT2D eigenvalue weighted by Gasteiger charge is -2.09. The Labute approximate surface area is 116 Å². The molecule has 1 atom stereocenters. The third-order valence-electron chi connectivity index (χ3n) is 2.94. The van der Waals surface area contributed by atoms with Gasteiger partial charge in [-0.15, -0.1) is 11.8 Å². The van der Waals surface area contributed by atoms with Gasteiger partial charge in [0.1, 0.15) is 0 Å². The van der Waals surface area contributed by atoms with Crippen LogP contribution in [0.1, 0.15) is 23.7 Å². The third-order valence-corrected chi connectivity index (χ3v) is 4.36. The first kappa shape index (κ1) is 13.7. The molecule has 100 valence electrons. The summed E-state index contributed by atoms with van der Waals surface area (Å²) in [6, 6.07) is 9.89. The van der Waals surface area contributed by atoms with Crippen LogP contribution >= 0.6 is 11.8 Å². The molecule has 0 saturated carbocycles. The first-order valence-electron chi connectivity index (χ1n) is 5.92. The van der Waals surface area contributed by atoms with Crippen molar-refractivity contribution in [1.82, 2.24) is 0 Å². The van der Waals surface area contributed by atoms with Gasteiger partial charge in [-0.2, -0.15) is 0 Å². The van der Waals surface area contributed by atoms with Crippen molar-refractivity contribution in [2.45, 2.75) is 18.1 Å². The van der Waals surface area contributed by atoms with E-state index in [2.05, 4.69) is 0 Å². The van der Waals surface area contributed by atoms with Crippen molar-refractivity contribution >= 4 is 23.6 Å². The van der Waals surface area contributed by atoms with E-state index in [1.807, 2.05) is 30.3 Å². The van der Waals surface area contributed by atoms with Crippen molar-refractivity contribution < 1.29 is 14.3 Å². The molecule has 0 saturated heterocycles. The minimum Gasteiger partial charge on any atom is -0.465 e. The zero-order valence-electron chi connectivity index (χ0n) is 10.6. The van der Waals surface area contributed by atoms with Gasteiger partial charge >= 0.3 is 5.97 Å². The molecule has 4 nitrogen and oxygen atoms in total. The number of methoxy groups -OCH3 is 1. The molecule has 0 fully saturated rings. The molecule has 5 heteroatoms. The molecule has 0 bridgehead atoms. The summed E-state index contributed by atoms with van der Waals surface area (Å²) in [7, 11) is 1.34. The van der Waals surface area contributed by atoms with Crippen molar-refractivity contribution in [3.63, 3.8) is 0 Å². The van der Waals surface area contributed by atoms with Crippen molar-refractivity contribution in [2.75, 3.05) is 7.11 Å². The van der Waals surface area contributed by atoms with Crippen LogP contribution < -0.4 is 5.73 Å². The van der Waals surface area contributed by atoms with Crippen LogP contribution in [0.2, 0.25) is 0 Å². The van der Waals surface area contributed by atoms with Crippen molar-refractivity contribution in [3.8, 4) is 0 Å². The molecule has 1 aliphatic heterocycles. The molecule has 19 heavy (non-hydrogen) atoms. The number of nitrogens with two attached hydrogens (primary N) is 1. The fourth-order valence-electron chi connectivity index (χ4n) is 2.09. The van der Waals surface area contributed by atoms with Crippen LogP contribution in [0, 0.1) is 0 Å². The summed E-state index contributed by atoms with van der Waals surface area (Å²) in [6.07, 6.45) is 0.767. The van der Waals surface area contributed by atoms with Crippen molar-refractivity contribution in [3.05, 3.63) is 46.4 Å². The molecular formula is C14H15NO3S. The van der Waals surface area contributed by atoms with Crippen LogP contribution in [0.25, 0.3) is 0 Å². The molecule has 1 aromatic rings. The summed E-state index contributed by atoms with van der Waals surface area (Å²) in [4.78, 5) is 23.3. The van der Waals surface area contributed by atoms with Crippen LogP contribution in [0.5, 0.6) is 0 Å². The Hall–Kier alpha value is -1.75. The van der Waals surface area contributed by atoms with E-state index in [1.165, 1.54) is 18.9 Å². The Morgan fingerprint density at radius 1 is 1.37 bits per heavy atom. The molecule has 1 aromatic carbocycles. The molecule has 0 aliphatic carbocycles. The molecular weight excluding hydrogens is 262 g/mol. The number of carbonyl (C=O) groups is 2. The van der Waals surface area contributed by atoms with E-state index < -0.39 is 5.91 Å². The van der Waals surface area contributed by atoms with Gasteiger partial charge in [0.05, 0.1) is 12.0 Å². The Morgan fingerprint density at radius 3 is 2.63 bits per heavy atom. The molecule has 2 rings (SSSR count). The second-order valence-electron chi connectivity index (χ2n) is 4.29. The Morgan fingerprint density at radius 2 is 2.05 bits per heavy atom. The number of esters is 1. The van der Waals surface area contributed by atoms with Crippen LogP contribution in [-0.4, -0.2) is 19.0 Å². The summed E-state index contributed by atoms with van der Waals surface area (Å²) in [5.41, 5.74) is 7.13. The fraction of sp³-hybridized carbons (Fsp3) is 0.286. The standard InChI is InChI=1S/C14H15NO3S/c1-18-14(17)13-10(8-12(15)16)7-11(19-13)9-5-3-2-4-6-9/h2-6,11H,7-8H2,1H3,(H2,15,16). The zero-order valence-corrected chi connectivity index (χ0v) is 11.4. The maximum atomic E-state index is 11.7. The minimum absolute atomic E-state index is 0.112. The van der Waals surface area contributed by atoms with Crippen LogP contribution in [0.3, 0.4) is 0 Å². The summed E-state index contributed by atoms with van der Waals surface area (Å²) < 4.78 is 4.76. The number of amides is 1. The lowest BCUT2D eigenvalue weighted by molar-refractivity contribution is -0.135. The number of benzene rings is 1. The van der Waals surface area contributed by atoms with E-state index in [9.17, 15) is 9.59 Å². The van der Waals surface area contributed by atoms with Gasteiger partial charge in [0.25, 0.3) is 0 Å². The quantitative estimate of drug-likeness (QED) is 0.856. The van der Waals surface area contributed by atoms with Gasteiger partial charge in [0.15, 0.2) is 0 Å². The first-order valence-corrected chi connectivity index (χ1v) is 6.80. The smallest absolute Gasteiger partial charge is 0.344 e. The predicted octanol–water partition coefficient (Wildman–Crippen LogP) is 2.17. The van der Waals surface area contributed by atoms with E-state index in [4.69, 9.17) is 10.5 Å². The van der Waals surface area contributed by atoms with Gasteiger partial charge < -0.3 is 10.5 Å². The summed E-state index contributed by atoms with van der Waals surface area (Å²) >= 11 is 1.44. The van der Waals surface area contributed by atoms with Crippen molar-refractivity contribution in [2.24, 2.45) is 5.73 Å². The highest BCUT2D eigenvalue weighted by molar-refractivity contribution is 8.04. The first-order chi connectivity index (χ1) is 9.11. The van der Waals surface area contributed by atoms with Gasteiger partial charge in [-0.3, -0.25) is 4.79 Å². The average Bonchev–Trinajstić information content (AvgIpc) is 2.82. The Kier molecular flexibility index (Phi) is 4.27. The van der Waals surface area contributed by atoms with Gasteiger partial charge in [-0.25, -0.2) is 4.79 Å². The topological polar surface area (TPSA) is 69.4 Å². The number of hydrogen-bond acceptors (Lipinski definition) is 4. The normalized spacial score (nSPS) is 18.5. The molecule has 0 radical (unpaired) electrons. The van der Waals surface area contributed by atoms with Gasteiger partial charge in [0.2, 0.25) is 5.91 Å². The molecule has 1 heterocycles. The van der Waals surface area contributed by atoms with Gasteiger partial charge in [-0.05, 0) is 17.6 Å². The zero-order chi connectivity index (χ0) is 13.8. The van der Waals surface area contributed by atoms with Crippen LogP contribution in [-0.2, 0) is 14.3 Å². The van der Waals surface area contributed by atoms with Gasteiger partial charge in [0, 0.05) is 11.7 Å². The molecule has 0 spiro atoms. The number of rotatable bonds is 4. The minimum atomic E-state index is -0.425. The summed E-state index contributed by atoms with van der Waals surface area (Å²) in [5.74, 6) is -0.814. The van der Waals surface area contributed by atoms with Crippen LogP contribution in [0.4, 0.5) is 0 Å². The van der Waals surface area contributed by atoms with Crippen LogP contribution in [0.15, 0.2) is 40.8 Å². The number of hydrogen-bond donors (Lipinski definition) is 1. The highest BCUT2D eigenvalue weighted by atomic mass is 32.2. The Bertz CT molecular complexity index is 525. The maximum absolute atomic E-state index is 11.7. The van der Waals surface area contributed by atoms with Gasteiger partial charge in [-0.1, -0.05) is 30.3 Å². The summed E-state index contributed by atoms with van der Waals surface area (Å²) in [5, 5.41) is 0.143. The fourth-order valence-corrected chi connectivity index (χ4v) is 3.45. The molecule has 1 amide bonds. The highest BCUT2D eigenvalue weighted by Crippen LogP contribution is 2.48. The highest BCUT2D eigenvalue weighted by Gasteiger charge is 2.31. The van der Waals surface area contributed by atoms with E-state index in [0.717, 1.165) is 11.1 Å². The van der Waals surface area contributed by atoms with E-state index in [-0.39, 0.29) is 17.6 Å². The largest absolute Gasteiger partial charge is 0.465 e. The summed E-state index contributed by atoms with van der Waals surface area (Å²) in [6.45, 7) is 0. The van der Waals surface area contributed by atoms with E-state index >= 15 is 0 Å². The van der Waals surface area contributed by atoms with E-state index in [1.54, 1.807) is 0 Å². The number of thioether (sulfide) groups is 1. The maximum Gasteiger partial charge on any atom is 0.344 e.